The molecule has 0 aliphatic carbocycles. The number of hydrogen-bond acceptors (Lipinski definition) is 0. The fourth-order valence-electron chi connectivity index (χ4n) is 1.11. The highest BCUT2D eigenvalue weighted by Gasteiger charge is 2.27. The van der Waals surface area contributed by atoms with Crippen molar-refractivity contribution in [1.82, 2.24) is 0 Å². The van der Waals surface area contributed by atoms with Crippen LogP contribution < -0.4 is 0 Å². The summed E-state index contributed by atoms with van der Waals surface area (Å²) < 4.78 is 0. The predicted molar refractivity (Wildman–Crippen MR) is 39.4 cm³/mol. The molecule has 1 aliphatic heterocycles. The maximum absolute atomic E-state index is 3.78. The fraction of sp³-hybridized carbons (Fsp3) is 1.00. The monoisotopic (exact) mass is 178 g/mol. The Balaban J connectivity index is 2.40. The number of halogens is 1. The van der Waals surface area contributed by atoms with E-state index in [1.165, 1.54) is 24.9 Å². The van der Waals surface area contributed by atoms with Gasteiger partial charge >= 0.3 is 0 Å². The van der Waals surface area contributed by atoms with E-state index >= 15 is 0 Å². The zero-order chi connectivity index (χ0) is 5.33. The van der Waals surface area contributed by atoms with Gasteiger partial charge in [0.05, 0.1) is 0 Å². The fourth-order valence-corrected chi connectivity index (χ4v) is 5.02. The summed E-state index contributed by atoms with van der Waals surface area (Å²) in [5.41, 5.74) is 0. The second kappa shape index (κ2) is 1.90. The minimum atomic E-state index is -0.728. The maximum Gasteiger partial charge on any atom is 0.127 e. The third-order valence-electron chi connectivity index (χ3n) is 1.65. The highest BCUT2D eigenvalue weighted by Crippen LogP contribution is 2.34. The lowest BCUT2D eigenvalue weighted by molar-refractivity contribution is 0.935. The van der Waals surface area contributed by atoms with Gasteiger partial charge in [-0.05, 0) is 12.1 Å². The molecular weight excluding hydrogens is 168 g/mol. The third kappa shape index (κ3) is 1.57. The highest BCUT2D eigenvalue weighted by molar-refractivity contribution is 9.26. The van der Waals surface area contributed by atoms with Crippen molar-refractivity contribution in [2.75, 3.05) is 0 Å². The molecule has 7 heavy (non-hydrogen) atoms. The van der Waals surface area contributed by atoms with Crippen LogP contribution in [0.3, 0.4) is 0 Å². The summed E-state index contributed by atoms with van der Waals surface area (Å²) in [6.07, 6.45) is 2.96. The van der Waals surface area contributed by atoms with Crippen molar-refractivity contribution in [1.29, 1.82) is 0 Å². The van der Waals surface area contributed by atoms with Crippen molar-refractivity contribution in [3.05, 3.63) is 0 Å². The van der Waals surface area contributed by atoms with Gasteiger partial charge in [0.25, 0.3) is 0 Å². The molecule has 0 aromatic carbocycles. The molecule has 0 aromatic rings. The molecule has 1 rings (SSSR count). The molecule has 0 aromatic heterocycles. The Bertz CT molecular complexity index is 62.5. The molecule has 1 saturated heterocycles. The molecule has 0 nitrogen and oxygen atoms in total. The average molecular weight is 179 g/mol. The molecule has 0 N–H and O–H groups in total. The van der Waals surface area contributed by atoms with Gasteiger partial charge in [-0.1, -0.05) is 19.4 Å². The lowest BCUT2D eigenvalue weighted by Gasteiger charge is -2.07. The Labute approximate surface area is 53.9 Å². The first kappa shape index (κ1) is 5.83. The topological polar surface area (TPSA) is 0 Å². The Morgan fingerprint density at radius 2 is 1.71 bits per heavy atom. The lowest BCUT2D eigenvalue weighted by Crippen LogP contribution is -2.13. The van der Waals surface area contributed by atoms with Crippen LogP contribution in [0.1, 0.15) is 12.8 Å². The third-order valence-corrected chi connectivity index (χ3v) is 6.82. The van der Waals surface area contributed by atoms with Gasteiger partial charge in [0.15, 0.2) is 0 Å². The van der Waals surface area contributed by atoms with Gasteiger partial charge in [0.1, 0.15) is 6.69 Å². The summed E-state index contributed by atoms with van der Waals surface area (Å²) in [6.45, 7) is 1.69. The van der Waals surface area contributed by atoms with E-state index in [0.29, 0.717) is 0 Å². The minimum absolute atomic E-state index is 0.728. The van der Waals surface area contributed by atoms with Gasteiger partial charge in [0, 0.05) is 0 Å². The number of rotatable bonds is 0. The SMILES string of the molecule is C[Si]1(Br)CCCC1. The molecule has 2 heteroatoms. The van der Waals surface area contributed by atoms with Crippen LogP contribution in [0.4, 0.5) is 0 Å². The number of hydrogen-bond donors (Lipinski definition) is 0. The first-order valence-electron chi connectivity index (χ1n) is 2.90. The highest BCUT2D eigenvalue weighted by atomic mass is 79.9. The van der Waals surface area contributed by atoms with Crippen LogP contribution in [-0.2, 0) is 0 Å². The predicted octanol–water partition coefficient (Wildman–Crippen LogP) is 2.75. The lowest BCUT2D eigenvalue weighted by atomic mass is 10.4. The van der Waals surface area contributed by atoms with Crippen molar-refractivity contribution < 1.29 is 0 Å². The van der Waals surface area contributed by atoms with Gasteiger partial charge < -0.3 is 0 Å². The van der Waals surface area contributed by atoms with Crippen molar-refractivity contribution in [2.45, 2.75) is 31.5 Å². The van der Waals surface area contributed by atoms with E-state index in [0.717, 1.165) is 0 Å². The van der Waals surface area contributed by atoms with Gasteiger partial charge in [-0.25, -0.2) is 0 Å². The molecule has 1 aliphatic rings. The van der Waals surface area contributed by atoms with Crippen LogP contribution in [0.5, 0.6) is 0 Å². The molecule has 0 unspecified atom stereocenters. The summed E-state index contributed by atoms with van der Waals surface area (Å²) >= 11 is 3.78. The first-order valence-corrected chi connectivity index (χ1v) is 8.07. The molecule has 0 amide bonds. The van der Waals surface area contributed by atoms with Gasteiger partial charge in [-0.15, -0.1) is 15.3 Å². The summed E-state index contributed by atoms with van der Waals surface area (Å²) in [5, 5.41) is 0. The van der Waals surface area contributed by atoms with E-state index in [9.17, 15) is 0 Å². The first-order chi connectivity index (χ1) is 3.21. The summed E-state index contributed by atoms with van der Waals surface area (Å²) in [4.78, 5) is 0. The zero-order valence-corrected chi connectivity index (χ0v) is 7.29. The largest absolute Gasteiger partial charge is 0.127 e. The van der Waals surface area contributed by atoms with Gasteiger partial charge in [-0.3, -0.25) is 0 Å². The average Bonchev–Trinajstić information content (AvgIpc) is 1.84. The molecule has 1 fully saturated rings. The van der Waals surface area contributed by atoms with Crippen LogP contribution in [0, 0.1) is 0 Å². The minimum Gasteiger partial charge on any atom is -0.126 e. The van der Waals surface area contributed by atoms with Crippen LogP contribution in [-0.4, -0.2) is 6.69 Å². The van der Waals surface area contributed by atoms with Crippen molar-refractivity contribution in [3.8, 4) is 0 Å². The van der Waals surface area contributed by atoms with Crippen LogP contribution in [0.25, 0.3) is 0 Å². The smallest absolute Gasteiger partial charge is 0.126 e. The molecule has 0 atom stereocenters. The standard InChI is InChI=1S/C5H11BrSi/c1-7(6)4-2-3-5-7/h2-5H2,1H3. The molecule has 0 saturated carbocycles. The Kier molecular flexibility index (Phi) is 1.58. The second-order valence-corrected chi connectivity index (χ2v) is 12.2. The Morgan fingerprint density at radius 1 is 1.29 bits per heavy atom. The van der Waals surface area contributed by atoms with Crippen LogP contribution in [0.2, 0.25) is 18.6 Å². The quantitative estimate of drug-likeness (QED) is 0.396. The zero-order valence-electron chi connectivity index (χ0n) is 4.71. The molecule has 0 bridgehead atoms. The van der Waals surface area contributed by atoms with Crippen LogP contribution in [0.15, 0.2) is 0 Å². The van der Waals surface area contributed by atoms with Crippen molar-refractivity contribution in [3.63, 3.8) is 0 Å². The van der Waals surface area contributed by atoms with Gasteiger partial charge in [0.2, 0.25) is 0 Å². The molecule has 0 radical (unpaired) electrons. The molecule has 1 heterocycles. The normalized spacial score (nSPS) is 28.3. The van der Waals surface area contributed by atoms with Crippen molar-refractivity contribution in [2.24, 2.45) is 0 Å². The second-order valence-electron chi connectivity index (χ2n) is 2.62. The van der Waals surface area contributed by atoms with Crippen molar-refractivity contribution >= 4 is 22.0 Å². The Hall–Kier alpha value is 0.697. The van der Waals surface area contributed by atoms with E-state index in [1.807, 2.05) is 0 Å². The summed E-state index contributed by atoms with van der Waals surface area (Å²) in [5.74, 6) is 0. The molecular formula is C5H11BrSi. The summed E-state index contributed by atoms with van der Waals surface area (Å²) in [6, 6.07) is 3.01. The maximum atomic E-state index is 3.78. The summed E-state index contributed by atoms with van der Waals surface area (Å²) in [7, 11) is 0. The van der Waals surface area contributed by atoms with Crippen LogP contribution >= 0.6 is 15.3 Å². The molecule has 42 valence electrons. The van der Waals surface area contributed by atoms with E-state index < -0.39 is 6.69 Å². The van der Waals surface area contributed by atoms with Gasteiger partial charge in [-0.2, -0.15) is 0 Å². The van der Waals surface area contributed by atoms with E-state index in [2.05, 4.69) is 21.8 Å². The van der Waals surface area contributed by atoms with E-state index in [-0.39, 0.29) is 0 Å². The van der Waals surface area contributed by atoms with E-state index in [4.69, 9.17) is 0 Å². The Morgan fingerprint density at radius 3 is 1.86 bits per heavy atom. The molecule has 0 spiro atoms. The van der Waals surface area contributed by atoms with E-state index in [1.54, 1.807) is 0 Å².